The predicted octanol–water partition coefficient (Wildman–Crippen LogP) is 5.28. The average molecular weight is 444 g/mol. The van der Waals surface area contributed by atoms with E-state index in [1.54, 1.807) is 0 Å². The molecule has 2 aromatic carbocycles. The van der Waals surface area contributed by atoms with Crippen LogP contribution < -0.4 is 10.6 Å². The fraction of sp³-hybridized carbons (Fsp3) is 0.310. The zero-order chi connectivity index (χ0) is 23.6. The molecule has 1 aliphatic heterocycles. The van der Waals surface area contributed by atoms with E-state index >= 15 is 0 Å². The number of allylic oxidation sites excluding steroid dienone is 6. The number of rotatable bonds is 9. The highest BCUT2D eigenvalue weighted by atomic mass is 16.2. The van der Waals surface area contributed by atoms with Crippen LogP contribution in [0.1, 0.15) is 30.9 Å². The lowest BCUT2D eigenvalue weighted by Gasteiger charge is -2.34. The van der Waals surface area contributed by atoms with Gasteiger partial charge in [-0.1, -0.05) is 55.1 Å². The maximum absolute atomic E-state index is 9.56. The van der Waals surface area contributed by atoms with E-state index in [1.165, 1.54) is 5.69 Å². The first-order chi connectivity index (χ1) is 16.0. The Bertz CT molecular complexity index is 992. The van der Waals surface area contributed by atoms with E-state index in [9.17, 15) is 5.11 Å². The highest BCUT2D eigenvalue weighted by Gasteiger charge is 2.17. The van der Waals surface area contributed by atoms with Gasteiger partial charge in [-0.3, -0.25) is 0 Å². The van der Waals surface area contributed by atoms with Gasteiger partial charge in [0, 0.05) is 44.2 Å². The van der Waals surface area contributed by atoms with Crippen molar-refractivity contribution in [1.82, 2.24) is 4.90 Å². The molecule has 0 unspecified atom stereocenters. The van der Waals surface area contributed by atoms with Gasteiger partial charge in [0.2, 0.25) is 0 Å². The van der Waals surface area contributed by atoms with Crippen LogP contribution in [0, 0.1) is 0 Å². The molecule has 33 heavy (non-hydrogen) atoms. The van der Waals surface area contributed by atoms with Crippen LogP contribution in [0.4, 0.5) is 11.4 Å². The Morgan fingerprint density at radius 2 is 1.58 bits per heavy atom. The van der Waals surface area contributed by atoms with Crippen molar-refractivity contribution in [2.24, 2.45) is 0 Å². The monoisotopic (exact) mass is 443 g/mol. The van der Waals surface area contributed by atoms with Gasteiger partial charge in [0.25, 0.3) is 0 Å². The normalized spacial score (nSPS) is 15.9. The van der Waals surface area contributed by atoms with Crippen LogP contribution in [0.25, 0.3) is 5.57 Å². The number of nitrogens with two attached hydrogens (primary N) is 1. The van der Waals surface area contributed by atoms with Gasteiger partial charge in [0.15, 0.2) is 0 Å². The van der Waals surface area contributed by atoms with Crippen molar-refractivity contribution in [3.05, 3.63) is 102 Å². The second-order valence-corrected chi connectivity index (χ2v) is 8.55. The Morgan fingerprint density at radius 1 is 0.970 bits per heavy atom. The van der Waals surface area contributed by atoms with Crippen LogP contribution >= 0.6 is 0 Å². The summed E-state index contributed by atoms with van der Waals surface area (Å²) in [4.78, 5) is 4.81. The van der Waals surface area contributed by atoms with E-state index < -0.39 is 0 Å². The van der Waals surface area contributed by atoms with Crippen molar-refractivity contribution in [1.29, 1.82) is 0 Å². The third-order valence-corrected chi connectivity index (χ3v) is 6.10. The number of aliphatic hydroxyl groups is 1. The molecule has 3 rings (SSSR count). The topological polar surface area (TPSA) is 52.7 Å². The summed E-state index contributed by atoms with van der Waals surface area (Å²) in [6, 6.07) is 16.9. The highest BCUT2D eigenvalue weighted by Crippen LogP contribution is 2.34. The molecule has 0 saturated carbocycles. The van der Waals surface area contributed by atoms with E-state index in [1.807, 2.05) is 43.4 Å². The van der Waals surface area contributed by atoms with E-state index in [4.69, 9.17) is 5.73 Å². The predicted molar refractivity (Wildman–Crippen MR) is 142 cm³/mol. The number of aliphatic hydroxyl groups excluding tert-OH is 1. The fourth-order valence-electron chi connectivity index (χ4n) is 4.15. The van der Waals surface area contributed by atoms with Crippen LogP contribution in [0.2, 0.25) is 0 Å². The van der Waals surface area contributed by atoms with Gasteiger partial charge in [-0.25, -0.2) is 0 Å². The largest absolute Gasteiger partial charge is 0.399 e. The highest BCUT2D eigenvalue weighted by molar-refractivity contribution is 5.86. The average Bonchev–Trinajstić information content (AvgIpc) is 2.83. The molecule has 0 radical (unpaired) electrons. The number of piperazine rings is 1. The molecular formula is C29H37N3O. The molecule has 1 aliphatic rings. The van der Waals surface area contributed by atoms with Crippen molar-refractivity contribution in [2.45, 2.75) is 19.8 Å². The lowest BCUT2D eigenvalue weighted by Crippen LogP contribution is -2.44. The van der Waals surface area contributed by atoms with Gasteiger partial charge in [-0.2, -0.15) is 0 Å². The van der Waals surface area contributed by atoms with Crippen LogP contribution in [0.5, 0.6) is 0 Å². The molecule has 0 atom stereocenters. The molecule has 0 spiro atoms. The molecule has 174 valence electrons. The number of likely N-dealkylation sites (N-methyl/N-ethyl adjacent to an activating group) is 1. The number of hydrogen-bond donors (Lipinski definition) is 2. The fourth-order valence-corrected chi connectivity index (χ4v) is 4.15. The maximum Gasteiger partial charge on any atom is 0.0434 e. The minimum Gasteiger partial charge on any atom is -0.399 e. The van der Waals surface area contributed by atoms with Gasteiger partial charge in [-0.05, 0) is 78.9 Å². The Kier molecular flexibility index (Phi) is 9.11. The summed E-state index contributed by atoms with van der Waals surface area (Å²) in [5.41, 5.74) is 13.5. The van der Waals surface area contributed by atoms with Crippen LogP contribution in [0.3, 0.4) is 0 Å². The summed E-state index contributed by atoms with van der Waals surface area (Å²) in [7, 11) is 2.18. The molecule has 2 aromatic rings. The minimum atomic E-state index is 0.146. The number of benzene rings is 2. The number of nitrogen functional groups attached to an aromatic ring is 1. The van der Waals surface area contributed by atoms with Crippen molar-refractivity contribution in [3.8, 4) is 0 Å². The molecule has 0 aliphatic carbocycles. The van der Waals surface area contributed by atoms with Gasteiger partial charge in [0.05, 0.1) is 0 Å². The Balaban J connectivity index is 2.05. The third kappa shape index (κ3) is 6.70. The molecule has 3 N–H and O–H groups in total. The summed E-state index contributed by atoms with van der Waals surface area (Å²) in [5, 5.41) is 9.56. The lowest BCUT2D eigenvalue weighted by atomic mass is 9.87. The maximum atomic E-state index is 9.56. The summed E-state index contributed by atoms with van der Waals surface area (Å²) >= 11 is 0. The summed E-state index contributed by atoms with van der Waals surface area (Å²) < 4.78 is 0. The van der Waals surface area contributed by atoms with Crippen molar-refractivity contribution < 1.29 is 5.11 Å². The first-order valence-electron chi connectivity index (χ1n) is 11.8. The second kappa shape index (κ2) is 12.2. The molecule has 4 heteroatoms. The lowest BCUT2D eigenvalue weighted by molar-refractivity contribution is 0.289. The van der Waals surface area contributed by atoms with Gasteiger partial charge < -0.3 is 20.6 Å². The van der Waals surface area contributed by atoms with E-state index in [0.29, 0.717) is 6.42 Å². The molecule has 0 amide bonds. The molecular weight excluding hydrogens is 406 g/mol. The SMILES string of the molecule is C=C(/C=C\C=C/C)/C(CCCO)=C(/c1ccc(N)cc1)c1ccc(N2CCN(C)CC2)cc1. The van der Waals surface area contributed by atoms with E-state index in [2.05, 4.69) is 59.8 Å². The van der Waals surface area contributed by atoms with E-state index in [0.717, 1.165) is 66.1 Å². The van der Waals surface area contributed by atoms with Gasteiger partial charge in [-0.15, -0.1) is 0 Å². The molecule has 1 fully saturated rings. The number of nitrogens with zero attached hydrogens (tertiary/aromatic N) is 2. The van der Waals surface area contributed by atoms with Crippen molar-refractivity contribution >= 4 is 16.9 Å². The van der Waals surface area contributed by atoms with Gasteiger partial charge >= 0.3 is 0 Å². The summed E-state index contributed by atoms with van der Waals surface area (Å²) in [6.07, 6.45) is 9.49. The molecule has 1 saturated heterocycles. The molecule has 0 aromatic heterocycles. The Hall–Kier alpha value is -3.08. The molecule has 4 nitrogen and oxygen atoms in total. The van der Waals surface area contributed by atoms with Crippen LogP contribution in [0.15, 0.2) is 90.6 Å². The Morgan fingerprint density at radius 3 is 2.15 bits per heavy atom. The van der Waals surface area contributed by atoms with Crippen molar-refractivity contribution in [3.63, 3.8) is 0 Å². The number of anilines is 2. The van der Waals surface area contributed by atoms with Gasteiger partial charge in [0.1, 0.15) is 0 Å². The minimum absolute atomic E-state index is 0.146. The Labute approximate surface area is 199 Å². The number of hydrogen-bond acceptors (Lipinski definition) is 4. The van der Waals surface area contributed by atoms with Crippen LogP contribution in [-0.4, -0.2) is 49.8 Å². The summed E-state index contributed by atoms with van der Waals surface area (Å²) in [6.45, 7) is 10.8. The third-order valence-electron chi connectivity index (χ3n) is 6.10. The molecule has 0 bridgehead atoms. The molecule has 1 heterocycles. The smallest absolute Gasteiger partial charge is 0.0434 e. The van der Waals surface area contributed by atoms with E-state index in [-0.39, 0.29) is 6.61 Å². The first kappa shape index (κ1) is 24.6. The standard InChI is InChI=1S/C29H37N3O/c1-4-5-6-8-23(2)28(9-7-22-33)29(24-10-14-26(30)15-11-24)25-12-16-27(17-13-25)32-20-18-31(3)19-21-32/h4-6,8,10-17,33H,2,7,9,18-22,30H2,1,3H3/b5-4-,8-6-,29-28-. The van der Waals surface area contributed by atoms with Crippen LogP contribution in [-0.2, 0) is 0 Å². The van der Waals surface area contributed by atoms with Crippen molar-refractivity contribution in [2.75, 3.05) is 50.5 Å². The first-order valence-corrected chi connectivity index (χ1v) is 11.8. The zero-order valence-corrected chi connectivity index (χ0v) is 20.0. The zero-order valence-electron chi connectivity index (χ0n) is 20.0. The second-order valence-electron chi connectivity index (χ2n) is 8.55. The summed E-state index contributed by atoms with van der Waals surface area (Å²) in [5.74, 6) is 0. The quantitative estimate of drug-likeness (QED) is 0.409.